The zero-order valence-electron chi connectivity index (χ0n) is 10.5. The first kappa shape index (κ1) is 13.3. The number of nitrogens with zero attached hydrogens (tertiary/aromatic N) is 1. The molecular weight excluding hydrogens is 246 g/mol. The highest BCUT2D eigenvalue weighted by atomic mass is 32.2. The van der Waals surface area contributed by atoms with E-state index in [1.807, 2.05) is 0 Å². The van der Waals surface area contributed by atoms with Gasteiger partial charge in [-0.2, -0.15) is 11.8 Å². The van der Waals surface area contributed by atoms with Gasteiger partial charge < -0.3 is 25.2 Å². The number of thioether (sulfide) groups is 1. The fraction of sp³-hybridized carbons (Fsp3) is 0.900. The van der Waals surface area contributed by atoms with Crippen LogP contribution in [0.1, 0.15) is 7.79 Å². The Morgan fingerprint density at radius 2 is 2.12 bits per heavy atom. The van der Waals surface area contributed by atoms with Gasteiger partial charge in [0.2, 0.25) is 0 Å². The predicted octanol–water partition coefficient (Wildman–Crippen LogP) is -1.39. The topological polar surface area (TPSA) is 103 Å². The van der Waals surface area contributed by atoms with Crippen LogP contribution in [0.2, 0.25) is 0 Å². The highest BCUT2D eigenvalue weighted by Gasteiger charge is 2.43. The monoisotopic (exact) mass is 266 g/mol. The Morgan fingerprint density at radius 1 is 1.41 bits per heavy atom. The Bertz CT molecular complexity index is 283. The molecule has 1 aliphatic rings. The SMILES string of the molecule is [2H]C(CC=N[C@H]1C(O)O[C@H](CO)[C@@H](O)[C@@H]1O)SC. The summed E-state index contributed by atoms with van der Waals surface area (Å²) >= 11 is 1.35. The van der Waals surface area contributed by atoms with Crippen LogP contribution in [-0.2, 0) is 4.74 Å². The summed E-state index contributed by atoms with van der Waals surface area (Å²) in [7, 11) is 0. The van der Waals surface area contributed by atoms with Crippen molar-refractivity contribution in [2.24, 2.45) is 4.99 Å². The lowest BCUT2D eigenvalue weighted by Gasteiger charge is -2.38. The fourth-order valence-electron chi connectivity index (χ4n) is 1.57. The van der Waals surface area contributed by atoms with Crippen LogP contribution in [0.25, 0.3) is 0 Å². The first-order chi connectivity index (χ1) is 8.51. The second kappa shape index (κ2) is 7.30. The molecule has 0 amide bonds. The summed E-state index contributed by atoms with van der Waals surface area (Å²) in [5.41, 5.74) is -0.359. The first-order valence-electron chi connectivity index (χ1n) is 5.86. The third-order valence-electron chi connectivity index (χ3n) is 2.51. The Hall–Kier alpha value is -0.180. The van der Waals surface area contributed by atoms with E-state index in [-0.39, 0.29) is 5.73 Å². The summed E-state index contributed by atoms with van der Waals surface area (Å²) < 4.78 is 12.4. The van der Waals surface area contributed by atoms with Gasteiger partial charge in [0.1, 0.15) is 24.4 Å². The standard InChI is InChI=1S/C10H19NO5S/c1-17-4-2-3-11-7-9(14)8(13)6(5-12)16-10(7)15/h3,6-10,12-15H,2,4-5H2,1H3/t6-,7-,8-,9-,10?/m1/s1/i4D/t4?,6-,7-,8-,9-,10?. The predicted molar refractivity (Wildman–Crippen MR) is 65.3 cm³/mol. The average Bonchev–Trinajstić information content (AvgIpc) is 2.37. The van der Waals surface area contributed by atoms with Crippen molar-refractivity contribution in [3.8, 4) is 0 Å². The van der Waals surface area contributed by atoms with Gasteiger partial charge in [-0.15, -0.1) is 0 Å². The summed E-state index contributed by atoms with van der Waals surface area (Å²) in [6, 6.07) is -1.00. The van der Waals surface area contributed by atoms with Crippen molar-refractivity contribution >= 4 is 18.0 Å². The molecule has 1 heterocycles. The number of hydrogen-bond donors (Lipinski definition) is 4. The molecule has 17 heavy (non-hydrogen) atoms. The van der Waals surface area contributed by atoms with E-state index < -0.39 is 37.3 Å². The van der Waals surface area contributed by atoms with Gasteiger partial charge in [0, 0.05) is 7.59 Å². The lowest BCUT2D eigenvalue weighted by atomic mass is 9.97. The molecule has 2 unspecified atom stereocenters. The van der Waals surface area contributed by atoms with Crippen LogP contribution in [0.3, 0.4) is 0 Å². The molecule has 1 rings (SSSR count). The van der Waals surface area contributed by atoms with Crippen molar-refractivity contribution < 1.29 is 26.5 Å². The molecule has 0 saturated carbocycles. The molecule has 6 nitrogen and oxygen atoms in total. The number of aliphatic imine (C=N–C) groups is 1. The average molecular weight is 266 g/mol. The lowest BCUT2D eigenvalue weighted by molar-refractivity contribution is -0.248. The lowest BCUT2D eigenvalue weighted by Crippen LogP contribution is -2.57. The van der Waals surface area contributed by atoms with Gasteiger partial charge in [0.05, 0.1) is 6.61 Å². The molecule has 1 aliphatic heterocycles. The highest BCUT2D eigenvalue weighted by Crippen LogP contribution is 2.21. The van der Waals surface area contributed by atoms with Crippen LogP contribution in [0.4, 0.5) is 0 Å². The van der Waals surface area contributed by atoms with Crippen LogP contribution in [0.5, 0.6) is 0 Å². The molecule has 4 N–H and O–H groups in total. The van der Waals surface area contributed by atoms with Gasteiger partial charge in [-0.25, -0.2) is 0 Å². The fourth-order valence-corrected chi connectivity index (χ4v) is 1.84. The minimum Gasteiger partial charge on any atom is -0.394 e. The van der Waals surface area contributed by atoms with E-state index >= 15 is 0 Å². The largest absolute Gasteiger partial charge is 0.394 e. The summed E-state index contributed by atoms with van der Waals surface area (Å²) in [5.74, 6) is 0. The van der Waals surface area contributed by atoms with Crippen molar-refractivity contribution in [1.82, 2.24) is 0 Å². The number of aliphatic hydroxyl groups is 4. The summed E-state index contributed by atoms with van der Waals surface area (Å²) in [4.78, 5) is 3.93. The van der Waals surface area contributed by atoms with Crippen molar-refractivity contribution in [3.05, 3.63) is 0 Å². The van der Waals surface area contributed by atoms with Crippen molar-refractivity contribution in [2.45, 2.75) is 37.1 Å². The van der Waals surface area contributed by atoms with E-state index in [1.165, 1.54) is 18.0 Å². The molecule has 100 valence electrons. The smallest absolute Gasteiger partial charge is 0.180 e. The summed E-state index contributed by atoms with van der Waals surface area (Å²) in [6.45, 7) is -0.493. The maximum atomic E-state index is 9.76. The molecule has 0 aromatic heterocycles. The van der Waals surface area contributed by atoms with Crippen LogP contribution >= 0.6 is 11.8 Å². The van der Waals surface area contributed by atoms with E-state index in [9.17, 15) is 15.3 Å². The van der Waals surface area contributed by atoms with Crippen molar-refractivity contribution in [3.63, 3.8) is 0 Å². The molecular formula is C10H19NO5S. The molecule has 6 atom stereocenters. The molecule has 1 fully saturated rings. The quantitative estimate of drug-likeness (QED) is 0.457. The first-order valence-corrected chi connectivity index (χ1v) is 6.57. The minimum absolute atomic E-state index is 0.359. The summed E-state index contributed by atoms with van der Waals surface area (Å²) in [6.07, 6.45) is -1.40. The van der Waals surface area contributed by atoms with Gasteiger partial charge in [0.25, 0.3) is 0 Å². The molecule has 0 aromatic carbocycles. The molecule has 0 aliphatic carbocycles. The third kappa shape index (κ3) is 3.90. The second-order valence-corrected chi connectivity index (χ2v) is 4.49. The van der Waals surface area contributed by atoms with Crippen LogP contribution < -0.4 is 0 Å². The van der Waals surface area contributed by atoms with E-state index in [1.54, 1.807) is 6.26 Å². The van der Waals surface area contributed by atoms with E-state index in [4.69, 9.17) is 11.2 Å². The highest BCUT2D eigenvalue weighted by molar-refractivity contribution is 7.98. The van der Waals surface area contributed by atoms with Gasteiger partial charge in [-0.1, -0.05) is 0 Å². The Morgan fingerprint density at radius 3 is 2.71 bits per heavy atom. The number of hydrogen-bond acceptors (Lipinski definition) is 7. The Balaban J connectivity index is 2.59. The van der Waals surface area contributed by atoms with Gasteiger partial charge in [-0.05, 0) is 18.4 Å². The summed E-state index contributed by atoms with van der Waals surface area (Å²) in [5, 5.41) is 37.9. The number of aliphatic hydroxyl groups excluding tert-OH is 4. The van der Waals surface area contributed by atoms with Crippen molar-refractivity contribution in [1.29, 1.82) is 0 Å². The van der Waals surface area contributed by atoms with Crippen molar-refractivity contribution in [2.75, 3.05) is 18.6 Å². The maximum Gasteiger partial charge on any atom is 0.180 e. The number of ether oxygens (including phenoxy) is 1. The second-order valence-electron chi connectivity index (χ2n) is 3.69. The van der Waals surface area contributed by atoms with E-state index in [0.717, 1.165) is 0 Å². The number of rotatable bonds is 5. The molecule has 1 saturated heterocycles. The maximum absolute atomic E-state index is 9.76. The Kier molecular flexibility index (Phi) is 5.69. The molecule has 0 aromatic rings. The third-order valence-corrected chi connectivity index (χ3v) is 3.04. The van der Waals surface area contributed by atoms with Gasteiger partial charge in [-0.3, -0.25) is 4.99 Å². The zero-order valence-corrected chi connectivity index (χ0v) is 10.3. The van der Waals surface area contributed by atoms with E-state index in [0.29, 0.717) is 6.42 Å². The van der Waals surface area contributed by atoms with Crippen LogP contribution in [-0.4, -0.2) is 75.9 Å². The zero-order chi connectivity index (χ0) is 13.7. The van der Waals surface area contributed by atoms with Gasteiger partial charge >= 0.3 is 0 Å². The molecule has 7 heteroatoms. The van der Waals surface area contributed by atoms with Crippen LogP contribution in [0.15, 0.2) is 4.99 Å². The van der Waals surface area contributed by atoms with Gasteiger partial charge in [0.15, 0.2) is 6.29 Å². The molecule has 0 spiro atoms. The van der Waals surface area contributed by atoms with E-state index in [2.05, 4.69) is 4.99 Å². The van der Waals surface area contributed by atoms with Crippen LogP contribution in [0, 0.1) is 0 Å². The minimum atomic E-state index is -1.38. The normalized spacial score (nSPS) is 41.5. The molecule has 0 radical (unpaired) electrons. The Labute approximate surface area is 106 Å². The molecule has 0 bridgehead atoms.